The molecule has 0 saturated carbocycles. The number of aromatic nitrogens is 1. The van der Waals surface area contributed by atoms with E-state index in [-0.39, 0.29) is 0 Å². The molecular formula is C15H13N2+. The molecule has 0 N–H and O–H groups in total. The van der Waals surface area contributed by atoms with E-state index in [9.17, 15) is 0 Å². The van der Waals surface area contributed by atoms with E-state index >= 15 is 0 Å². The molecule has 2 rings (SSSR count). The predicted molar refractivity (Wildman–Crippen MR) is 67.7 cm³/mol. The van der Waals surface area contributed by atoms with Crippen LogP contribution in [0.3, 0.4) is 0 Å². The van der Waals surface area contributed by atoms with Gasteiger partial charge < -0.3 is 0 Å². The maximum atomic E-state index is 8.69. The van der Waals surface area contributed by atoms with Gasteiger partial charge in [0, 0.05) is 12.1 Å². The molecule has 17 heavy (non-hydrogen) atoms. The molecule has 2 aromatic rings. The zero-order chi connectivity index (χ0) is 12.1. The van der Waals surface area contributed by atoms with Crippen LogP contribution in [-0.2, 0) is 7.05 Å². The minimum atomic E-state index is 0.689. The van der Waals surface area contributed by atoms with Crippen LogP contribution < -0.4 is 4.57 Å². The Kier molecular flexibility index (Phi) is 3.32. The summed E-state index contributed by atoms with van der Waals surface area (Å²) in [5.41, 5.74) is 2.94. The Bertz CT molecular complexity index is 557. The Balaban J connectivity index is 2.14. The van der Waals surface area contributed by atoms with Crippen molar-refractivity contribution in [3.63, 3.8) is 0 Å². The molecule has 0 aliphatic heterocycles. The number of benzene rings is 1. The number of hydrogen-bond donors (Lipinski definition) is 0. The fourth-order valence-corrected chi connectivity index (χ4v) is 1.48. The largest absolute Gasteiger partial charge is 0.208 e. The minimum Gasteiger partial charge on any atom is -0.208 e. The summed E-state index contributed by atoms with van der Waals surface area (Å²) in [4.78, 5) is 0. The first-order valence-electron chi connectivity index (χ1n) is 5.41. The standard InChI is InChI=1S/C15H13N2/c1-17-10-8-14(9-11-17)3-2-13-4-6-15(12-16)7-5-13/h2-11H,1H3/q+1. The van der Waals surface area contributed by atoms with Gasteiger partial charge in [-0.3, -0.25) is 0 Å². The summed E-state index contributed by atoms with van der Waals surface area (Å²) < 4.78 is 2.00. The number of pyridine rings is 1. The van der Waals surface area contributed by atoms with E-state index in [1.165, 1.54) is 0 Å². The number of rotatable bonds is 2. The van der Waals surface area contributed by atoms with Gasteiger partial charge in [-0.25, -0.2) is 4.57 Å². The van der Waals surface area contributed by atoms with E-state index in [0.717, 1.165) is 11.1 Å². The second-order valence-electron chi connectivity index (χ2n) is 3.86. The van der Waals surface area contributed by atoms with Crippen molar-refractivity contribution in [3.8, 4) is 6.07 Å². The summed E-state index contributed by atoms with van der Waals surface area (Å²) in [6.45, 7) is 0. The van der Waals surface area contributed by atoms with Crippen molar-refractivity contribution in [3.05, 3.63) is 65.5 Å². The fraction of sp³-hybridized carbons (Fsp3) is 0.0667. The van der Waals surface area contributed by atoms with Crippen LogP contribution >= 0.6 is 0 Å². The Morgan fingerprint density at radius 2 is 1.47 bits per heavy atom. The third-order valence-corrected chi connectivity index (χ3v) is 2.51. The summed E-state index contributed by atoms with van der Waals surface area (Å²) in [5.74, 6) is 0. The molecule has 1 heterocycles. The van der Waals surface area contributed by atoms with Gasteiger partial charge in [-0.15, -0.1) is 0 Å². The van der Waals surface area contributed by atoms with Crippen molar-refractivity contribution in [2.45, 2.75) is 0 Å². The van der Waals surface area contributed by atoms with Gasteiger partial charge in [-0.2, -0.15) is 5.26 Å². The lowest BCUT2D eigenvalue weighted by Gasteiger charge is -1.94. The van der Waals surface area contributed by atoms with Gasteiger partial charge in [-0.1, -0.05) is 24.3 Å². The van der Waals surface area contributed by atoms with E-state index in [0.29, 0.717) is 5.56 Å². The summed E-state index contributed by atoms with van der Waals surface area (Å²) >= 11 is 0. The first kappa shape index (κ1) is 11.1. The maximum Gasteiger partial charge on any atom is 0.169 e. The summed E-state index contributed by atoms with van der Waals surface area (Å²) in [6.07, 6.45) is 8.12. The lowest BCUT2D eigenvalue weighted by Crippen LogP contribution is -2.25. The van der Waals surface area contributed by atoms with Gasteiger partial charge in [0.05, 0.1) is 11.6 Å². The lowest BCUT2D eigenvalue weighted by molar-refractivity contribution is -0.671. The first-order chi connectivity index (χ1) is 8.28. The van der Waals surface area contributed by atoms with Crippen LogP contribution in [0.15, 0.2) is 48.8 Å². The highest BCUT2D eigenvalue weighted by molar-refractivity contribution is 5.69. The normalized spacial score (nSPS) is 10.4. The van der Waals surface area contributed by atoms with E-state index in [4.69, 9.17) is 5.26 Å². The number of nitrogens with zero attached hydrogens (tertiary/aromatic N) is 2. The zero-order valence-electron chi connectivity index (χ0n) is 9.67. The molecular weight excluding hydrogens is 208 g/mol. The number of nitriles is 1. The molecule has 0 atom stereocenters. The van der Waals surface area contributed by atoms with Crippen LogP contribution in [0.1, 0.15) is 16.7 Å². The molecule has 0 fully saturated rings. The Labute approximate surface area is 101 Å². The quantitative estimate of drug-likeness (QED) is 0.716. The lowest BCUT2D eigenvalue weighted by atomic mass is 10.1. The smallest absolute Gasteiger partial charge is 0.169 e. The van der Waals surface area contributed by atoms with Gasteiger partial charge in [-0.05, 0) is 23.3 Å². The number of aryl methyl sites for hydroxylation is 1. The molecule has 2 heteroatoms. The SMILES string of the molecule is C[n+]1ccc(C=Cc2ccc(C#N)cc2)cc1. The minimum absolute atomic E-state index is 0.689. The molecule has 82 valence electrons. The van der Waals surface area contributed by atoms with Crippen LogP contribution in [0.5, 0.6) is 0 Å². The van der Waals surface area contributed by atoms with Gasteiger partial charge in [0.15, 0.2) is 12.4 Å². The van der Waals surface area contributed by atoms with Crippen LogP contribution in [0.2, 0.25) is 0 Å². The monoisotopic (exact) mass is 221 g/mol. The van der Waals surface area contributed by atoms with Gasteiger partial charge >= 0.3 is 0 Å². The highest BCUT2D eigenvalue weighted by atomic mass is 14.9. The highest BCUT2D eigenvalue weighted by Gasteiger charge is 1.92. The van der Waals surface area contributed by atoms with Crippen LogP contribution in [0.25, 0.3) is 12.2 Å². The second-order valence-corrected chi connectivity index (χ2v) is 3.86. The third kappa shape index (κ3) is 3.02. The van der Waals surface area contributed by atoms with Gasteiger partial charge in [0.2, 0.25) is 0 Å². The number of hydrogen-bond acceptors (Lipinski definition) is 1. The molecule has 0 radical (unpaired) electrons. The predicted octanol–water partition coefficient (Wildman–Crippen LogP) is 2.55. The molecule has 0 aliphatic rings. The molecule has 0 saturated heterocycles. The van der Waals surface area contributed by atoms with Crippen molar-refractivity contribution in [2.75, 3.05) is 0 Å². The Hall–Kier alpha value is -2.40. The molecule has 0 aliphatic carbocycles. The molecule has 1 aromatic carbocycles. The average molecular weight is 221 g/mol. The zero-order valence-corrected chi connectivity index (χ0v) is 9.67. The molecule has 0 unspecified atom stereocenters. The maximum absolute atomic E-state index is 8.69. The van der Waals surface area contributed by atoms with Crippen molar-refractivity contribution >= 4 is 12.2 Å². The van der Waals surface area contributed by atoms with Crippen LogP contribution in [0, 0.1) is 11.3 Å². The van der Waals surface area contributed by atoms with Crippen molar-refractivity contribution in [1.82, 2.24) is 0 Å². The van der Waals surface area contributed by atoms with E-state index in [1.54, 1.807) is 0 Å². The summed E-state index contributed by atoms with van der Waals surface area (Å²) in [6, 6.07) is 13.8. The Morgan fingerprint density at radius 1 is 0.941 bits per heavy atom. The fourth-order valence-electron chi connectivity index (χ4n) is 1.48. The van der Waals surface area contributed by atoms with Crippen LogP contribution in [-0.4, -0.2) is 0 Å². The average Bonchev–Trinajstić information content (AvgIpc) is 2.39. The van der Waals surface area contributed by atoms with Crippen molar-refractivity contribution < 1.29 is 4.57 Å². The second kappa shape index (κ2) is 5.09. The Morgan fingerprint density at radius 3 is 2.00 bits per heavy atom. The summed E-state index contributed by atoms with van der Waals surface area (Å²) in [7, 11) is 1.99. The molecule has 1 aromatic heterocycles. The topological polar surface area (TPSA) is 27.7 Å². The molecule has 2 nitrogen and oxygen atoms in total. The molecule has 0 spiro atoms. The van der Waals surface area contributed by atoms with Crippen LogP contribution in [0.4, 0.5) is 0 Å². The summed E-state index contributed by atoms with van der Waals surface area (Å²) in [5, 5.41) is 8.69. The third-order valence-electron chi connectivity index (χ3n) is 2.51. The molecule has 0 bridgehead atoms. The van der Waals surface area contributed by atoms with Crippen molar-refractivity contribution in [2.24, 2.45) is 7.05 Å². The van der Waals surface area contributed by atoms with Gasteiger partial charge in [0.25, 0.3) is 0 Å². The highest BCUT2D eigenvalue weighted by Crippen LogP contribution is 2.08. The van der Waals surface area contributed by atoms with E-state index < -0.39 is 0 Å². The first-order valence-corrected chi connectivity index (χ1v) is 5.41. The van der Waals surface area contributed by atoms with Crippen molar-refractivity contribution in [1.29, 1.82) is 5.26 Å². The van der Waals surface area contributed by atoms with Gasteiger partial charge in [0.1, 0.15) is 7.05 Å². The molecule has 0 amide bonds. The van der Waals surface area contributed by atoms with E-state index in [1.807, 2.05) is 54.3 Å². The van der Waals surface area contributed by atoms with E-state index in [2.05, 4.69) is 24.3 Å².